The van der Waals surface area contributed by atoms with Gasteiger partial charge in [0.25, 0.3) is 0 Å². The summed E-state index contributed by atoms with van der Waals surface area (Å²) < 4.78 is 0. The number of hydrogen-bond donors (Lipinski definition) is 1. The van der Waals surface area contributed by atoms with Gasteiger partial charge in [0.1, 0.15) is 0 Å². The molecular weight excluding hydrogens is 262 g/mol. The summed E-state index contributed by atoms with van der Waals surface area (Å²) in [7, 11) is 0. The molecule has 2 rings (SSSR count). The van der Waals surface area contributed by atoms with Crippen molar-refractivity contribution in [3.8, 4) is 10.4 Å². The van der Waals surface area contributed by atoms with Gasteiger partial charge in [0.15, 0.2) is 0 Å². The van der Waals surface area contributed by atoms with Crippen LogP contribution in [0, 0.1) is 0 Å². The zero-order valence-electron chi connectivity index (χ0n) is 10.7. The molecule has 0 aliphatic heterocycles. The van der Waals surface area contributed by atoms with Crippen LogP contribution in [0.25, 0.3) is 10.4 Å². The molecule has 0 saturated carbocycles. The molecule has 3 heteroatoms. The average Bonchev–Trinajstić information content (AvgIpc) is 2.85. The molecule has 1 nitrogen and oxygen atoms in total. The maximum atomic E-state index is 6.02. The Kier molecular flexibility index (Phi) is 4.81. The van der Waals surface area contributed by atoms with Gasteiger partial charge in [-0.3, -0.25) is 0 Å². The zero-order chi connectivity index (χ0) is 13.0. The summed E-state index contributed by atoms with van der Waals surface area (Å²) >= 11 is 7.86. The molecule has 1 aromatic carbocycles. The van der Waals surface area contributed by atoms with Crippen molar-refractivity contribution < 1.29 is 0 Å². The second kappa shape index (κ2) is 6.37. The summed E-state index contributed by atoms with van der Waals surface area (Å²) in [6, 6.07) is 12.8. The average molecular weight is 280 g/mol. The minimum Gasteiger partial charge on any atom is -0.309 e. The Balaban J connectivity index is 2.15. The van der Waals surface area contributed by atoms with E-state index in [9.17, 15) is 0 Å². The maximum Gasteiger partial charge on any atom is 0.0412 e. The molecule has 1 atom stereocenters. The molecule has 1 N–H and O–H groups in total. The van der Waals surface area contributed by atoms with E-state index in [1.54, 1.807) is 0 Å². The fourth-order valence-electron chi connectivity index (χ4n) is 1.84. The molecule has 1 unspecified atom stereocenters. The number of halogens is 1. The molecule has 1 aromatic heterocycles. The van der Waals surface area contributed by atoms with E-state index in [0.717, 1.165) is 18.0 Å². The third kappa shape index (κ3) is 3.35. The minimum absolute atomic E-state index is 0.419. The molecule has 0 amide bonds. The van der Waals surface area contributed by atoms with Gasteiger partial charge in [-0.2, -0.15) is 0 Å². The number of nitrogens with one attached hydrogen (secondary N) is 1. The number of hydrogen-bond acceptors (Lipinski definition) is 2. The van der Waals surface area contributed by atoms with Crippen molar-refractivity contribution in [2.24, 2.45) is 0 Å². The Morgan fingerprint density at radius 1 is 1.28 bits per heavy atom. The Labute approximate surface area is 118 Å². The Morgan fingerprint density at radius 2 is 2.11 bits per heavy atom. The maximum absolute atomic E-state index is 6.02. The van der Waals surface area contributed by atoms with Crippen LogP contribution in [0.15, 0.2) is 36.4 Å². The summed E-state index contributed by atoms with van der Waals surface area (Å²) in [5.74, 6) is 0. The van der Waals surface area contributed by atoms with Gasteiger partial charge in [-0.1, -0.05) is 30.7 Å². The molecule has 0 radical (unpaired) electrons. The third-order valence-corrected chi connectivity index (χ3v) is 4.42. The van der Waals surface area contributed by atoms with Crippen LogP contribution < -0.4 is 5.32 Å². The first-order chi connectivity index (χ1) is 8.70. The predicted molar refractivity (Wildman–Crippen MR) is 81.5 cm³/mol. The van der Waals surface area contributed by atoms with Crippen molar-refractivity contribution in [2.45, 2.75) is 26.3 Å². The van der Waals surface area contributed by atoms with Gasteiger partial charge in [-0.25, -0.2) is 0 Å². The molecule has 0 aliphatic rings. The number of thiophene rings is 1. The van der Waals surface area contributed by atoms with Crippen LogP contribution in [0.3, 0.4) is 0 Å². The van der Waals surface area contributed by atoms with Crippen LogP contribution >= 0.6 is 22.9 Å². The summed E-state index contributed by atoms with van der Waals surface area (Å²) in [6.07, 6.45) is 1.16. The second-order valence-corrected chi connectivity index (χ2v) is 5.94. The lowest BCUT2D eigenvalue weighted by atomic mass is 10.2. The molecule has 1 heterocycles. The number of rotatable bonds is 5. The first-order valence-corrected chi connectivity index (χ1v) is 7.49. The van der Waals surface area contributed by atoms with E-state index in [1.165, 1.54) is 15.3 Å². The molecule has 2 aromatic rings. The van der Waals surface area contributed by atoms with E-state index in [2.05, 4.69) is 37.4 Å². The van der Waals surface area contributed by atoms with Crippen molar-refractivity contribution in [2.75, 3.05) is 6.54 Å². The lowest BCUT2D eigenvalue weighted by molar-refractivity contribution is 0.578. The van der Waals surface area contributed by atoms with Gasteiger partial charge >= 0.3 is 0 Å². The lowest BCUT2D eigenvalue weighted by Gasteiger charge is -2.10. The fraction of sp³-hybridized carbons (Fsp3) is 0.333. The zero-order valence-corrected chi connectivity index (χ0v) is 12.3. The van der Waals surface area contributed by atoms with Gasteiger partial charge in [-0.05, 0) is 49.7 Å². The quantitative estimate of drug-likeness (QED) is 0.800. The molecule has 0 aliphatic carbocycles. The van der Waals surface area contributed by atoms with Crippen LogP contribution in [0.1, 0.15) is 31.2 Å². The minimum atomic E-state index is 0.419. The SMILES string of the molecule is CCCNC(C)c1ccc(-c2cccc(Cl)c2)s1. The van der Waals surface area contributed by atoms with Crippen LogP contribution in [0.2, 0.25) is 5.02 Å². The standard InChI is InChI=1S/C15H18ClNS/c1-3-9-17-11(2)14-7-8-15(18-14)12-5-4-6-13(16)10-12/h4-8,10-11,17H,3,9H2,1-2H3. The van der Waals surface area contributed by atoms with Crippen molar-refractivity contribution in [3.63, 3.8) is 0 Å². The molecule has 0 fully saturated rings. The van der Waals surface area contributed by atoms with Gasteiger partial charge in [-0.15, -0.1) is 11.3 Å². The van der Waals surface area contributed by atoms with Gasteiger partial charge < -0.3 is 5.32 Å². The number of benzene rings is 1. The molecule has 96 valence electrons. The summed E-state index contributed by atoms with van der Waals surface area (Å²) in [5.41, 5.74) is 1.20. The normalized spacial score (nSPS) is 12.6. The lowest BCUT2D eigenvalue weighted by Crippen LogP contribution is -2.18. The highest BCUT2D eigenvalue weighted by Gasteiger charge is 2.08. The van der Waals surface area contributed by atoms with Gasteiger partial charge in [0.05, 0.1) is 0 Å². The fourth-order valence-corrected chi connectivity index (χ4v) is 3.07. The van der Waals surface area contributed by atoms with Crippen molar-refractivity contribution in [1.82, 2.24) is 5.32 Å². The summed E-state index contributed by atoms with van der Waals surface area (Å²) in [6.45, 7) is 5.46. The molecular formula is C15H18ClNS. The largest absolute Gasteiger partial charge is 0.309 e. The molecule has 0 bridgehead atoms. The Morgan fingerprint density at radius 3 is 2.83 bits per heavy atom. The summed E-state index contributed by atoms with van der Waals surface area (Å²) in [4.78, 5) is 2.65. The topological polar surface area (TPSA) is 12.0 Å². The van der Waals surface area contributed by atoms with Gasteiger partial charge in [0.2, 0.25) is 0 Å². The highest BCUT2D eigenvalue weighted by atomic mass is 35.5. The Hall–Kier alpha value is -0.830. The second-order valence-electron chi connectivity index (χ2n) is 4.39. The Bertz CT molecular complexity index is 507. The van der Waals surface area contributed by atoms with E-state index in [-0.39, 0.29) is 0 Å². The van der Waals surface area contributed by atoms with E-state index >= 15 is 0 Å². The van der Waals surface area contributed by atoms with E-state index < -0.39 is 0 Å². The van der Waals surface area contributed by atoms with Crippen LogP contribution in [0.4, 0.5) is 0 Å². The van der Waals surface area contributed by atoms with E-state index in [0.29, 0.717) is 6.04 Å². The van der Waals surface area contributed by atoms with Crippen LogP contribution in [-0.4, -0.2) is 6.54 Å². The van der Waals surface area contributed by atoms with Gasteiger partial charge in [0, 0.05) is 20.8 Å². The highest BCUT2D eigenvalue weighted by Crippen LogP contribution is 2.32. The molecule has 18 heavy (non-hydrogen) atoms. The van der Waals surface area contributed by atoms with Crippen molar-refractivity contribution >= 4 is 22.9 Å². The van der Waals surface area contributed by atoms with Crippen molar-refractivity contribution in [3.05, 3.63) is 46.3 Å². The van der Waals surface area contributed by atoms with Crippen molar-refractivity contribution in [1.29, 1.82) is 0 Å². The highest BCUT2D eigenvalue weighted by molar-refractivity contribution is 7.15. The van der Waals surface area contributed by atoms with E-state index in [1.807, 2.05) is 29.5 Å². The van der Waals surface area contributed by atoms with E-state index in [4.69, 9.17) is 11.6 Å². The first kappa shape index (κ1) is 13.6. The first-order valence-electron chi connectivity index (χ1n) is 6.29. The molecule has 0 spiro atoms. The predicted octanol–water partition coefficient (Wildman–Crippen LogP) is 5.13. The molecule has 0 saturated heterocycles. The summed E-state index contributed by atoms with van der Waals surface area (Å²) in [5, 5.41) is 4.30. The third-order valence-electron chi connectivity index (χ3n) is 2.86. The monoisotopic (exact) mass is 279 g/mol. The van der Waals surface area contributed by atoms with Crippen LogP contribution in [0.5, 0.6) is 0 Å². The van der Waals surface area contributed by atoms with Crippen LogP contribution in [-0.2, 0) is 0 Å². The smallest absolute Gasteiger partial charge is 0.0412 e.